The normalized spacial score (nSPS) is 9.63. The standard InChI is InChI=1S/C13H16N2O4/c1-4-19-13(18)12(17)15-10-5-6-11(8(2)7-10)14-9(3)16/h5-7H,4H2,1-3H3,(H,14,16)(H,15,17). The van der Waals surface area contributed by atoms with Crippen molar-refractivity contribution < 1.29 is 19.1 Å². The second-order valence-electron chi connectivity index (χ2n) is 3.89. The number of amides is 2. The Kier molecular flexibility index (Phi) is 5.05. The van der Waals surface area contributed by atoms with Crippen molar-refractivity contribution in [3.05, 3.63) is 23.8 Å². The molecule has 102 valence electrons. The van der Waals surface area contributed by atoms with Gasteiger partial charge in [0.15, 0.2) is 0 Å². The molecule has 0 saturated carbocycles. The summed E-state index contributed by atoms with van der Waals surface area (Å²) in [5, 5.41) is 5.08. The maximum Gasteiger partial charge on any atom is 0.397 e. The molecule has 0 spiro atoms. The van der Waals surface area contributed by atoms with Crippen LogP contribution in [0.3, 0.4) is 0 Å². The van der Waals surface area contributed by atoms with Crippen molar-refractivity contribution in [3.8, 4) is 0 Å². The highest BCUT2D eigenvalue weighted by molar-refractivity contribution is 6.37. The molecular weight excluding hydrogens is 248 g/mol. The number of carbonyl (C=O) groups excluding carboxylic acids is 3. The maximum absolute atomic E-state index is 11.4. The third-order valence-electron chi connectivity index (χ3n) is 2.26. The van der Waals surface area contributed by atoms with E-state index in [2.05, 4.69) is 15.4 Å². The Balaban J connectivity index is 2.76. The Morgan fingerprint density at radius 1 is 1.21 bits per heavy atom. The molecule has 0 aliphatic heterocycles. The molecule has 0 saturated heterocycles. The Labute approximate surface area is 111 Å². The lowest BCUT2D eigenvalue weighted by Crippen LogP contribution is -2.25. The molecule has 0 aliphatic carbocycles. The molecule has 0 radical (unpaired) electrons. The monoisotopic (exact) mass is 264 g/mol. The Bertz CT molecular complexity index is 511. The van der Waals surface area contributed by atoms with Crippen molar-refractivity contribution in [2.45, 2.75) is 20.8 Å². The van der Waals surface area contributed by atoms with Crippen LogP contribution in [-0.4, -0.2) is 24.4 Å². The van der Waals surface area contributed by atoms with E-state index in [1.54, 1.807) is 32.0 Å². The minimum atomic E-state index is -0.925. The van der Waals surface area contributed by atoms with E-state index in [4.69, 9.17) is 0 Å². The molecular formula is C13H16N2O4. The van der Waals surface area contributed by atoms with Gasteiger partial charge in [-0.1, -0.05) is 0 Å². The summed E-state index contributed by atoms with van der Waals surface area (Å²) in [4.78, 5) is 33.5. The Morgan fingerprint density at radius 3 is 2.42 bits per heavy atom. The summed E-state index contributed by atoms with van der Waals surface area (Å²) in [7, 11) is 0. The van der Waals surface area contributed by atoms with Gasteiger partial charge in [-0.15, -0.1) is 0 Å². The topological polar surface area (TPSA) is 84.5 Å². The van der Waals surface area contributed by atoms with E-state index in [-0.39, 0.29) is 12.5 Å². The van der Waals surface area contributed by atoms with Gasteiger partial charge in [-0.2, -0.15) is 0 Å². The van der Waals surface area contributed by atoms with Crippen molar-refractivity contribution >= 4 is 29.2 Å². The largest absolute Gasteiger partial charge is 0.459 e. The SMILES string of the molecule is CCOC(=O)C(=O)Nc1ccc(NC(C)=O)c(C)c1. The van der Waals surface area contributed by atoms with Crippen LogP contribution in [0.4, 0.5) is 11.4 Å². The van der Waals surface area contributed by atoms with Crippen LogP contribution >= 0.6 is 0 Å². The molecule has 0 unspecified atom stereocenters. The van der Waals surface area contributed by atoms with Gasteiger partial charge in [0.25, 0.3) is 0 Å². The molecule has 1 rings (SSSR count). The van der Waals surface area contributed by atoms with Crippen LogP contribution in [0.2, 0.25) is 0 Å². The van der Waals surface area contributed by atoms with Crippen LogP contribution < -0.4 is 10.6 Å². The first-order valence-corrected chi connectivity index (χ1v) is 5.80. The third-order valence-corrected chi connectivity index (χ3v) is 2.26. The third kappa shape index (κ3) is 4.42. The molecule has 2 N–H and O–H groups in total. The van der Waals surface area contributed by atoms with Gasteiger partial charge in [-0.3, -0.25) is 9.59 Å². The number of aryl methyl sites for hydroxylation is 1. The van der Waals surface area contributed by atoms with Crippen LogP contribution in [0, 0.1) is 6.92 Å². The molecule has 2 amide bonds. The van der Waals surface area contributed by atoms with Crippen LogP contribution in [0.15, 0.2) is 18.2 Å². The highest BCUT2D eigenvalue weighted by Gasteiger charge is 2.15. The molecule has 0 heterocycles. The van der Waals surface area contributed by atoms with Gasteiger partial charge in [-0.25, -0.2) is 4.79 Å². The number of nitrogens with one attached hydrogen (secondary N) is 2. The number of carbonyl (C=O) groups is 3. The number of benzene rings is 1. The summed E-state index contributed by atoms with van der Waals surface area (Å²) in [6.45, 7) is 4.96. The highest BCUT2D eigenvalue weighted by Crippen LogP contribution is 2.19. The first kappa shape index (κ1) is 14.7. The predicted molar refractivity (Wildman–Crippen MR) is 70.7 cm³/mol. The van der Waals surface area contributed by atoms with Crippen molar-refractivity contribution in [1.29, 1.82) is 0 Å². The number of hydrogen-bond donors (Lipinski definition) is 2. The van der Waals surface area contributed by atoms with Crippen molar-refractivity contribution in [1.82, 2.24) is 0 Å². The fourth-order valence-corrected chi connectivity index (χ4v) is 1.45. The van der Waals surface area contributed by atoms with E-state index in [0.717, 1.165) is 5.56 Å². The number of anilines is 2. The minimum absolute atomic E-state index is 0.146. The maximum atomic E-state index is 11.4. The summed E-state index contributed by atoms with van der Waals surface area (Å²) < 4.78 is 4.57. The molecule has 6 nitrogen and oxygen atoms in total. The Morgan fingerprint density at radius 2 is 1.89 bits per heavy atom. The fraction of sp³-hybridized carbons (Fsp3) is 0.308. The first-order chi connectivity index (χ1) is 8.93. The van der Waals surface area contributed by atoms with Crippen LogP contribution in [-0.2, 0) is 19.1 Å². The van der Waals surface area contributed by atoms with E-state index in [1.807, 2.05) is 0 Å². The van der Waals surface area contributed by atoms with Crippen molar-refractivity contribution in [3.63, 3.8) is 0 Å². The van der Waals surface area contributed by atoms with E-state index < -0.39 is 11.9 Å². The smallest absolute Gasteiger partial charge is 0.397 e. The number of ether oxygens (including phenoxy) is 1. The highest BCUT2D eigenvalue weighted by atomic mass is 16.5. The van der Waals surface area contributed by atoms with Crippen LogP contribution in [0.25, 0.3) is 0 Å². The number of rotatable bonds is 3. The van der Waals surface area contributed by atoms with E-state index in [0.29, 0.717) is 11.4 Å². The van der Waals surface area contributed by atoms with E-state index in [1.165, 1.54) is 6.92 Å². The summed E-state index contributed by atoms with van der Waals surface area (Å²) in [6.07, 6.45) is 0. The second-order valence-corrected chi connectivity index (χ2v) is 3.89. The Hall–Kier alpha value is -2.37. The zero-order valence-corrected chi connectivity index (χ0v) is 11.1. The summed E-state index contributed by atoms with van der Waals surface area (Å²) in [6, 6.07) is 4.90. The number of esters is 1. The van der Waals surface area contributed by atoms with Crippen molar-refractivity contribution in [2.75, 3.05) is 17.2 Å². The average molecular weight is 264 g/mol. The lowest BCUT2D eigenvalue weighted by Gasteiger charge is -2.09. The molecule has 0 aliphatic rings. The van der Waals surface area contributed by atoms with E-state index >= 15 is 0 Å². The first-order valence-electron chi connectivity index (χ1n) is 5.80. The second kappa shape index (κ2) is 6.53. The molecule has 1 aromatic rings. The molecule has 19 heavy (non-hydrogen) atoms. The average Bonchev–Trinajstić information content (AvgIpc) is 2.32. The molecule has 0 fully saturated rings. The summed E-state index contributed by atoms with van der Waals surface area (Å²) in [5.74, 6) is -1.92. The zero-order chi connectivity index (χ0) is 14.4. The van der Waals surface area contributed by atoms with Crippen LogP contribution in [0.5, 0.6) is 0 Å². The fourth-order valence-electron chi connectivity index (χ4n) is 1.45. The summed E-state index contributed by atoms with van der Waals surface area (Å²) in [5.41, 5.74) is 1.89. The predicted octanol–water partition coefficient (Wildman–Crippen LogP) is 1.46. The van der Waals surface area contributed by atoms with Gasteiger partial charge < -0.3 is 15.4 Å². The van der Waals surface area contributed by atoms with Gasteiger partial charge in [-0.05, 0) is 37.6 Å². The summed E-state index contributed by atoms with van der Waals surface area (Å²) >= 11 is 0. The van der Waals surface area contributed by atoms with Gasteiger partial charge in [0.1, 0.15) is 0 Å². The van der Waals surface area contributed by atoms with Gasteiger partial charge >= 0.3 is 11.9 Å². The zero-order valence-electron chi connectivity index (χ0n) is 11.1. The van der Waals surface area contributed by atoms with Crippen molar-refractivity contribution in [2.24, 2.45) is 0 Å². The van der Waals surface area contributed by atoms with Gasteiger partial charge in [0.2, 0.25) is 5.91 Å². The van der Waals surface area contributed by atoms with Crippen LogP contribution in [0.1, 0.15) is 19.4 Å². The molecule has 1 aromatic carbocycles. The lowest BCUT2D eigenvalue weighted by atomic mass is 10.1. The van der Waals surface area contributed by atoms with E-state index in [9.17, 15) is 14.4 Å². The lowest BCUT2D eigenvalue weighted by molar-refractivity contribution is -0.152. The molecule has 0 aromatic heterocycles. The minimum Gasteiger partial charge on any atom is -0.459 e. The van der Waals surface area contributed by atoms with Gasteiger partial charge in [0, 0.05) is 18.3 Å². The molecule has 6 heteroatoms. The number of hydrogen-bond acceptors (Lipinski definition) is 4. The molecule has 0 atom stereocenters. The molecule has 0 bridgehead atoms. The quantitative estimate of drug-likeness (QED) is 0.639. The van der Waals surface area contributed by atoms with Gasteiger partial charge in [0.05, 0.1) is 6.61 Å².